The molecule has 2 aromatic rings. The number of allylic oxidation sites excluding steroid dienone is 1. The number of esters is 1. The third kappa shape index (κ3) is 4.44. The van der Waals surface area contributed by atoms with Crippen LogP contribution in [0.3, 0.4) is 0 Å². The Morgan fingerprint density at radius 1 is 1.17 bits per heavy atom. The van der Waals surface area contributed by atoms with Crippen molar-refractivity contribution in [2.24, 2.45) is 0 Å². The zero-order valence-electron chi connectivity index (χ0n) is 17.3. The Hall–Kier alpha value is -3.37. The van der Waals surface area contributed by atoms with Crippen molar-refractivity contribution in [3.05, 3.63) is 59.3 Å². The van der Waals surface area contributed by atoms with E-state index in [1.807, 2.05) is 30.3 Å². The smallest absolute Gasteiger partial charge is 0.338 e. The predicted molar refractivity (Wildman–Crippen MR) is 110 cm³/mol. The van der Waals surface area contributed by atoms with Crippen LogP contribution in [0, 0.1) is 11.3 Å². The summed E-state index contributed by atoms with van der Waals surface area (Å²) in [7, 11) is 4.47. The van der Waals surface area contributed by atoms with Gasteiger partial charge in [-0.05, 0) is 42.2 Å². The summed E-state index contributed by atoms with van der Waals surface area (Å²) in [4.78, 5) is 16.7. The second kappa shape index (κ2) is 9.42. The van der Waals surface area contributed by atoms with Crippen LogP contribution in [0.15, 0.2) is 42.5 Å². The van der Waals surface area contributed by atoms with Gasteiger partial charge in [-0.25, -0.2) is 9.78 Å². The minimum Gasteiger partial charge on any atom is -0.497 e. The van der Waals surface area contributed by atoms with Gasteiger partial charge in [-0.1, -0.05) is 18.2 Å². The summed E-state index contributed by atoms with van der Waals surface area (Å²) in [6.07, 6.45) is 3.23. The number of methoxy groups -OCH3 is 3. The lowest BCUT2D eigenvalue weighted by atomic mass is 9.83. The Bertz CT molecular complexity index is 978. The van der Waals surface area contributed by atoms with Gasteiger partial charge in [-0.15, -0.1) is 0 Å². The molecule has 1 heterocycles. The fourth-order valence-corrected chi connectivity index (χ4v) is 3.42. The van der Waals surface area contributed by atoms with E-state index in [-0.39, 0.29) is 0 Å². The van der Waals surface area contributed by atoms with Crippen LogP contribution in [0.2, 0.25) is 0 Å². The average molecular weight is 408 g/mol. The number of carbonyl (C=O) groups excluding carboxylic acids is 1. The predicted octanol–water partition coefficient (Wildman–Crippen LogP) is 3.67. The van der Waals surface area contributed by atoms with Crippen LogP contribution < -0.4 is 9.47 Å². The van der Waals surface area contributed by atoms with Crippen LogP contribution in [0.5, 0.6) is 11.6 Å². The topological polar surface area (TPSA) is 90.7 Å². The zero-order valence-corrected chi connectivity index (χ0v) is 17.3. The number of hydrogen-bond donors (Lipinski definition) is 0. The van der Waals surface area contributed by atoms with Gasteiger partial charge in [0, 0.05) is 19.6 Å². The number of benzene rings is 1. The van der Waals surface area contributed by atoms with E-state index >= 15 is 0 Å². The maximum atomic E-state index is 12.1. The van der Waals surface area contributed by atoms with Gasteiger partial charge in [-0.2, -0.15) is 5.26 Å². The van der Waals surface area contributed by atoms with Crippen molar-refractivity contribution < 1.29 is 23.7 Å². The fraction of sp³-hybridized carbons (Fsp3) is 0.348. The van der Waals surface area contributed by atoms with Gasteiger partial charge in [0.25, 0.3) is 0 Å². The molecule has 7 heteroatoms. The molecule has 1 aliphatic carbocycles. The number of aromatic nitrogens is 1. The van der Waals surface area contributed by atoms with Crippen LogP contribution in [0.4, 0.5) is 0 Å². The van der Waals surface area contributed by atoms with Gasteiger partial charge >= 0.3 is 5.97 Å². The molecule has 1 aliphatic rings. The lowest BCUT2D eigenvalue weighted by Crippen LogP contribution is -2.42. The third-order valence-electron chi connectivity index (χ3n) is 5.26. The molecule has 0 fully saturated rings. The summed E-state index contributed by atoms with van der Waals surface area (Å²) in [5, 5.41) is 9.50. The van der Waals surface area contributed by atoms with Gasteiger partial charge in [0.05, 0.1) is 25.5 Å². The molecule has 0 amide bonds. The van der Waals surface area contributed by atoms with Gasteiger partial charge in [-0.3, -0.25) is 0 Å². The first-order valence-electron chi connectivity index (χ1n) is 9.55. The molecule has 0 spiro atoms. The number of hydrogen-bond acceptors (Lipinski definition) is 7. The summed E-state index contributed by atoms with van der Waals surface area (Å²) in [6, 6.07) is 13.1. The SMILES string of the molecule is COC(=O)C1(OC)CC=C(c2nc(OCc3ccc(OC)cc3)ccc2C#N)CC1. The monoisotopic (exact) mass is 408 g/mol. The Morgan fingerprint density at radius 3 is 2.50 bits per heavy atom. The number of rotatable bonds is 7. The number of carbonyl (C=O) groups is 1. The molecule has 1 aromatic carbocycles. The quantitative estimate of drug-likeness (QED) is 0.646. The molecule has 156 valence electrons. The Morgan fingerprint density at radius 2 is 1.93 bits per heavy atom. The van der Waals surface area contributed by atoms with Crippen LogP contribution in [0.25, 0.3) is 5.57 Å². The molecule has 0 radical (unpaired) electrons. The van der Waals surface area contributed by atoms with Crippen LogP contribution in [-0.2, 0) is 20.9 Å². The normalized spacial score (nSPS) is 18.1. The highest BCUT2D eigenvalue weighted by Gasteiger charge is 2.41. The summed E-state index contributed by atoms with van der Waals surface area (Å²) < 4.78 is 21.3. The zero-order chi connectivity index (χ0) is 21.6. The maximum Gasteiger partial charge on any atom is 0.338 e. The minimum atomic E-state index is -0.993. The van der Waals surface area contributed by atoms with Crippen molar-refractivity contribution in [2.45, 2.75) is 31.5 Å². The first-order valence-corrected chi connectivity index (χ1v) is 9.55. The first-order chi connectivity index (χ1) is 14.5. The average Bonchev–Trinajstić information content (AvgIpc) is 2.82. The molecule has 0 aliphatic heterocycles. The molecule has 1 unspecified atom stereocenters. The molecule has 30 heavy (non-hydrogen) atoms. The highest BCUT2D eigenvalue weighted by Crippen LogP contribution is 2.36. The van der Waals surface area contributed by atoms with Crippen LogP contribution in [0.1, 0.15) is 36.1 Å². The largest absolute Gasteiger partial charge is 0.497 e. The molecule has 0 bridgehead atoms. The summed E-state index contributed by atoms with van der Waals surface area (Å²) in [5.41, 5.74) is 1.90. The van der Waals surface area contributed by atoms with Crippen molar-refractivity contribution >= 4 is 11.5 Å². The number of nitrogens with zero attached hydrogens (tertiary/aromatic N) is 2. The fourth-order valence-electron chi connectivity index (χ4n) is 3.42. The van der Waals surface area contributed by atoms with Crippen LogP contribution in [-0.4, -0.2) is 37.9 Å². The molecule has 0 saturated heterocycles. The Balaban J connectivity index is 1.79. The van der Waals surface area contributed by atoms with Crippen molar-refractivity contribution in [3.63, 3.8) is 0 Å². The van der Waals surface area contributed by atoms with Crippen molar-refractivity contribution in [1.29, 1.82) is 5.26 Å². The van der Waals surface area contributed by atoms with Gasteiger partial charge in [0.2, 0.25) is 5.88 Å². The van der Waals surface area contributed by atoms with E-state index in [0.29, 0.717) is 43.0 Å². The van der Waals surface area contributed by atoms with E-state index in [4.69, 9.17) is 18.9 Å². The van der Waals surface area contributed by atoms with E-state index < -0.39 is 11.6 Å². The van der Waals surface area contributed by atoms with Crippen molar-refractivity contribution in [3.8, 4) is 17.7 Å². The van der Waals surface area contributed by atoms with Gasteiger partial charge in [0.1, 0.15) is 18.4 Å². The number of nitriles is 1. The summed E-state index contributed by atoms with van der Waals surface area (Å²) in [6.45, 7) is 0.344. The molecular formula is C23H24N2O5. The van der Waals surface area contributed by atoms with Gasteiger partial charge in [0.15, 0.2) is 5.60 Å². The number of pyridine rings is 1. The second-order valence-electron chi connectivity index (χ2n) is 6.92. The molecule has 1 aromatic heterocycles. The molecule has 3 rings (SSSR count). The maximum absolute atomic E-state index is 12.1. The summed E-state index contributed by atoms with van der Waals surface area (Å²) >= 11 is 0. The Kier molecular flexibility index (Phi) is 6.70. The summed E-state index contributed by atoms with van der Waals surface area (Å²) in [5.74, 6) is 0.809. The van der Waals surface area contributed by atoms with Crippen LogP contribution >= 0.6 is 0 Å². The molecule has 0 N–H and O–H groups in total. The lowest BCUT2D eigenvalue weighted by Gasteiger charge is -2.32. The molecular weight excluding hydrogens is 384 g/mol. The van der Waals surface area contributed by atoms with E-state index in [1.165, 1.54) is 14.2 Å². The third-order valence-corrected chi connectivity index (χ3v) is 5.26. The van der Waals surface area contributed by atoms with E-state index in [0.717, 1.165) is 16.9 Å². The molecule has 0 saturated carbocycles. The first kappa shape index (κ1) is 21.3. The number of ether oxygens (including phenoxy) is 4. The highest BCUT2D eigenvalue weighted by atomic mass is 16.6. The minimum absolute atomic E-state index is 0.344. The lowest BCUT2D eigenvalue weighted by molar-refractivity contribution is -0.166. The van der Waals surface area contributed by atoms with Gasteiger partial charge < -0.3 is 18.9 Å². The van der Waals surface area contributed by atoms with E-state index in [1.54, 1.807) is 19.2 Å². The Labute approximate surface area is 175 Å². The standard InChI is InChI=1S/C23H24N2O5/c1-27-19-7-4-16(5-8-19)15-30-20-9-6-18(14-24)21(25-20)17-10-12-23(29-3,13-11-17)22(26)28-2/h4-10H,11-13,15H2,1-3H3. The van der Waals surface area contributed by atoms with Crippen molar-refractivity contribution in [1.82, 2.24) is 4.98 Å². The second-order valence-corrected chi connectivity index (χ2v) is 6.92. The molecule has 1 atom stereocenters. The van der Waals surface area contributed by atoms with E-state index in [9.17, 15) is 10.1 Å². The van der Waals surface area contributed by atoms with Crippen molar-refractivity contribution in [2.75, 3.05) is 21.3 Å². The molecule has 7 nitrogen and oxygen atoms in total. The van der Waals surface area contributed by atoms with E-state index in [2.05, 4.69) is 11.1 Å². The highest BCUT2D eigenvalue weighted by molar-refractivity contribution is 5.82.